The number of piperidine rings is 1. The summed E-state index contributed by atoms with van der Waals surface area (Å²) < 4.78 is 0. The Morgan fingerprint density at radius 1 is 0.981 bits per heavy atom. The van der Waals surface area contributed by atoms with Crippen molar-refractivity contribution in [1.29, 1.82) is 0 Å². The van der Waals surface area contributed by atoms with Gasteiger partial charge >= 0.3 is 6.03 Å². The molecule has 2 saturated heterocycles. The van der Waals surface area contributed by atoms with Gasteiger partial charge in [0.1, 0.15) is 12.1 Å². The SMILES string of the molecule is C#CCCC(NC(=O)[C@@H]1C(/C=C/CC(C)(C)O)CCN1C(=O)[C@@H](NC(=O)N[C@H](CN1CCCCC1=O)C(C)(C)C)C1CCCCC1)C(=O)C(=O)NCC=C. The molecule has 1 aliphatic carbocycles. The van der Waals surface area contributed by atoms with Crippen molar-refractivity contribution in [2.75, 3.05) is 26.2 Å². The summed E-state index contributed by atoms with van der Waals surface area (Å²) >= 11 is 0. The van der Waals surface area contributed by atoms with Crippen LogP contribution in [0.15, 0.2) is 24.8 Å². The van der Waals surface area contributed by atoms with Gasteiger partial charge in [-0.3, -0.25) is 24.0 Å². The van der Waals surface area contributed by atoms with E-state index < -0.39 is 70.6 Å². The minimum atomic E-state index is -1.23. The van der Waals surface area contributed by atoms with E-state index in [0.29, 0.717) is 32.4 Å². The van der Waals surface area contributed by atoms with Crippen LogP contribution in [0.1, 0.15) is 112 Å². The van der Waals surface area contributed by atoms with Crippen molar-refractivity contribution in [1.82, 2.24) is 31.1 Å². The number of Topliss-reactive ketones (excluding diaryl/α,β-unsaturated/α-hetero) is 1. The van der Waals surface area contributed by atoms with E-state index in [2.05, 4.69) is 33.8 Å². The molecule has 0 aromatic carbocycles. The van der Waals surface area contributed by atoms with Gasteiger partial charge in [0.05, 0.1) is 17.7 Å². The van der Waals surface area contributed by atoms with Crippen molar-refractivity contribution < 1.29 is 33.9 Å². The Balaban J connectivity index is 1.92. The minimum absolute atomic E-state index is 0.0207. The van der Waals surface area contributed by atoms with Crippen LogP contribution < -0.4 is 21.3 Å². The average molecular weight is 753 g/mol. The van der Waals surface area contributed by atoms with E-state index in [0.717, 1.165) is 44.9 Å². The van der Waals surface area contributed by atoms with Crippen LogP contribution in [0, 0.1) is 29.6 Å². The van der Waals surface area contributed by atoms with Crippen LogP contribution in [0.4, 0.5) is 4.79 Å². The molecule has 0 bridgehead atoms. The molecular formula is C41H64N6O7. The van der Waals surface area contributed by atoms with Crippen molar-refractivity contribution in [2.24, 2.45) is 17.3 Å². The largest absolute Gasteiger partial charge is 0.390 e. The highest BCUT2D eigenvalue weighted by Gasteiger charge is 2.46. The molecule has 2 heterocycles. The molecule has 0 spiro atoms. The van der Waals surface area contributed by atoms with E-state index >= 15 is 0 Å². The number of urea groups is 1. The predicted octanol–water partition coefficient (Wildman–Crippen LogP) is 3.37. The lowest BCUT2D eigenvalue weighted by atomic mass is 9.83. The molecule has 2 unspecified atom stereocenters. The molecule has 3 rings (SSSR count). The van der Waals surface area contributed by atoms with E-state index in [1.807, 2.05) is 26.8 Å². The highest BCUT2D eigenvalue weighted by atomic mass is 16.3. The number of carbonyl (C=O) groups excluding carboxylic acids is 6. The maximum atomic E-state index is 14.8. The number of ketones is 1. The van der Waals surface area contributed by atoms with E-state index in [-0.39, 0.29) is 37.8 Å². The van der Waals surface area contributed by atoms with E-state index in [4.69, 9.17) is 6.42 Å². The first kappa shape index (κ1) is 44.2. The summed E-state index contributed by atoms with van der Waals surface area (Å²) in [5.41, 5.74) is -1.39. The lowest BCUT2D eigenvalue weighted by Gasteiger charge is -2.39. The Morgan fingerprint density at radius 3 is 2.30 bits per heavy atom. The second-order valence-corrected chi connectivity index (χ2v) is 16.7. The summed E-state index contributed by atoms with van der Waals surface area (Å²) in [6.07, 6.45) is 17.9. The molecule has 54 heavy (non-hydrogen) atoms. The zero-order valence-corrected chi connectivity index (χ0v) is 33.1. The minimum Gasteiger partial charge on any atom is -0.390 e. The van der Waals surface area contributed by atoms with Crippen LogP contribution in [0.5, 0.6) is 0 Å². The molecule has 5 atom stereocenters. The van der Waals surface area contributed by atoms with E-state index in [9.17, 15) is 33.9 Å². The number of amides is 6. The first-order valence-electron chi connectivity index (χ1n) is 19.7. The van der Waals surface area contributed by atoms with Crippen LogP contribution in [-0.4, -0.2) is 106 Å². The van der Waals surface area contributed by atoms with Crippen LogP contribution in [0.2, 0.25) is 0 Å². The van der Waals surface area contributed by atoms with Gasteiger partial charge in [-0.2, -0.15) is 0 Å². The van der Waals surface area contributed by atoms with Crippen molar-refractivity contribution in [3.05, 3.63) is 24.8 Å². The molecule has 0 aromatic rings. The lowest BCUT2D eigenvalue weighted by Crippen LogP contribution is -2.61. The van der Waals surface area contributed by atoms with Crippen molar-refractivity contribution in [2.45, 2.75) is 141 Å². The molecule has 5 N–H and O–H groups in total. The Morgan fingerprint density at radius 2 is 1.69 bits per heavy atom. The Kier molecular flexibility index (Phi) is 16.8. The van der Waals surface area contributed by atoms with E-state index in [1.54, 1.807) is 24.8 Å². The first-order chi connectivity index (χ1) is 25.5. The molecule has 3 aliphatic rings. The average Bonchev–Trinajstić information content (AvgIpc) is 3.54. The molecule has 0 aromatic heterocycles. The van der Waals surface area contributed by atoms with Gasteiger partial charge in [0.25, 0.3) is 5.91 Å². The van der Waals surface area contributed by atoms with Gasteiger partial charge in [0, 0.05) is 44.9 Å². The van der Waals surface area contributed by atoms with Gasteiger partial charge in [0.15, 0.2) is 0 Å². The van der Waals surface area contributed by atoms with Gasteiger partial charge in [0.2, 0.25) is 23.5 Å². The highest BCUT2D eigenvalue weighted by Crippen LogP contribution is 2.32. The summed E-state index contributed by atoms with van der Waals surface area (Å²) in [6.45, 7) is 14.2. The number of aliphatic hydroxyl groups is 1. The number of hydrogen-bond donors (Lipinski definition) is 5. The number of rotatable bonds is 17. The number of nitrogens with one attached hydrogen (secondary N) is 4. The van der Waals surface area contributed by atoms with Crippen LogP contribution in [-0.2, 0) is 24.0 Å². The van der Waals surface area contributed by atoms with Crippen molar-refractivity contribution in [3.8, 4) is 12.3 Å². The summed E-state index contributed by atoms with van der Waals surface area (Å²) in [5.74, 6) is -0.868. The highest BCUT2D eigenvalue weighted by molar-refractivity contribution is 6.38. The molecule has 2 aliphatic heterocycles. The van der Waals surface area contributed by atoms with Crippen LogP contribution in [0.3, 0.4) is 0 Å². The van der Waals surface area contributed by atoms with Gasteiger partial charge in [-0.1, -0.05) is 58.3 Å². The van der Waals surface area contributed by atoms with Crippen molar-refractivity contribution in [3.63, 3.8) is 0 Å². The van der Waals surface area contributed by atoms with Crippen LogP contribution in [0.25, 0.3) is 0 Å². The van der Waals surface area contributed by atoms with Gasteiger partial charge in [-0.05, 0) is 70.1 Å². The molecular weight excluding hydrogens is 688 g/mol. The molecule has 13 nitrogen and oxygen atoms in total. The normalized spacial score (nSPS) is 21.5. The Hall–Kier alpha value is -4.18. The predicted molar refractivity (Wildman–Crippen MR) is 208 cm³/mol. The second kappa shape index (κ2) is 20.5. The van der Waals surface area contributed by atoms with Gasteiger partial charge in [-0.25, -0.2) is 4.79 Å². The molecule has 3 fully saturated rings. The first-order valence-corrected chi connectivity index (χ1v) is 19.7. The summed E-state index contributed by atoms with van der Waals surface area (Å²) in [7, 11) is 0. The van der Waals surface area contributed by atoms with Gasteiger partial charge in [-0.15, -0.1) is 18.9 Å². The monoisotopic (exact) mass is 752 g/mol. The third-order valence-corrected chi connectivity index (χ3v) is 10.7. The number of hydrogen-bond acceptors (Lipinski definition) is 7. The Labute approximate surface area is 321 Å². The standard InChI is InChI=1S/C41H64N6O7/c1-8-10-20-30(35(49)37(51)42-24-9-2)43-36(50)34-29(19-16-23-41(6,7)54)22-26-47(34)38(52)33(28-17-12-11-13-18-28)45-39(53)44-31(40(3,4)5)27-46-25-15-14-21-32(46)48/h1,9,16,19,28-31,33-34,54H,2,10-15,17-18,20-27H2,3-7H3,(H,42,51)(H,43,50)(H2,44,45,53)/b19-16+/t29?,30?,31-,33+,34+/m1/s1. The topological polar surface area (TPSA) is 177 Å². The van der Waals surface area contributed by atoms with Gasteiger partial charge < -0.3 is 36.2 Å². The number of terminal acetylenes is 1. The summed E-state index contributed by atoms with van der Waals surface area (Å²) in [4.78, 5) is 84.7. The number of likely N-dealkylation sites (tertiary alicyclic amines) is 2. The fourth-order valence-corrected chi connectivity index (χ4v) is 7.48. The van der Waals surface area contributed by atoms with Crippen molar-refractivity contribution >= 4 is 35.4 Å². The number of carbonyl (C=O) groups is 6. The number of nitrogens with zero attached hydrogens (tertiary/aromatic N) is 2. The third-order valence-electron chi connectivity index (χ3n) is 10.7. The fraction of sp³-hybridized carbons (Fsp3) is 0.707. The van der Waals surface area contributed by atoms with Crippen LogP contribution >= 0.6 is 0 Å². The lowest BCUT2D eigenvalue weighted by molar-refractivity contribution is -0.143. The molecule has 0 radical (unpaired) electrons. The third kappa shape index (κ3) is 13.3. The molecule has 13 heteroatoms. The molecule has 1 saturated carbocycles. The maximum Gasteiger partial charge on any atom is 0.315 e. The molecule has 6 amide bonds. The Bertz CT molecular complexity index is 1420. The fourth-order valence-electron chi connectivity index (χ4n) is 7.48. The maximum absolute atomic E-state index is 14.8. The summed E-state index contributed by atoms with van der Waals surface area (Å²) in [5, 5.41) is 21.6. The molecule has 300 valence electrons. The zero-order valence-electron chi connectivity index (χ0n) is 33.1. The van der Waals surface area contributed by atoms with E-state index in [1.165, 1.54) is 11.0 Å². The summed E-state index contributed by atoms with van der Waals surface area (Å²) in [6, 6.07) is -4.12. The smallest absolute Gasteiger partial charge is 0.315 e. The zero-order chi connectivity index (χ0) is 40.1. The quantitative estimate of drug-likeness (QED) is 0.0860. The second-order valence-electron chi connectivity index (χ2n) is 16.7.